The van der Waals surface area contributed by atoms with E-state index in [2.05, 4.69) is 17.1 Å². The lowest BCUT2D eigenvalue weighted by Gasteiger charge is -2.16. The highest BCUT2D eigenvalue weighted by atomic mass is 16.5. The van der Waals surface area contributed by atoms with Gasteiger partial charge in [0, 0.05) is 5.41 Å². The van der Waals surface area contributed by atoms with E-state index in [1.54, 1.807) is 0 Å². The van der Waals surface area contributed by atoms with Gasteiger partial charge in [0.05, 0.1) is 5.54 Å². The van der Waals surface area contributed by atoms with E-state index in [4.69, 9.17) is 10.3 Å². The third-order valence-electron chi connectivity index (χ3n) is 3.19. The number of aromatic nitrogens is 2. The highest BCUT2D eigenvalue weighted by molar-refractivity contribution is 5.15. The van der Waals surface area contributed by atoms with Crippen LogP contribution in [0.4, 0.5) is 0 Å². The first-order chi connectivity index (χ1) is 6.48. The van der Waals surface area contributed by atoms with Gasteiger partial charge >= 0.3 is 0 Å². The molecule has 1 aromatic rings. The molecule has 1 unspecified atom stereocenters. The molecule has 1 atom stereocenters. The van der Waals surface area contributed by atoms with Crippen LogP contribution in [0.15, 0.2) is 4.52 Å². The molecular weight excluding hydrogens is 178 g/mol. The van der Waals surface area contributed by atoms with Crippen LogP contribution >= 0.6 is 0 Å². The molecule has 2 N–H and O–H groups in total. The topological polar surface area (TPSA) is 64.9 Å². The van der Waals surface area contributed by atoms with Crippen LogP contribution in [0.1, 0.15) is 51.7 Å². The lowest BCUT2D eigenvalue weighted by molar-refractivity contribution is 0.289. The normalized spacial score (nSPS) is 23.1. The minimum atomic E-state index is -0.490. The summed E-state index contributed by atoms with van der Waals surface area (Å²) >= 11 is 0. The van der Waals surface area contributed by atoms with Gasteiger partial charge in [0.1, 0.15) is 0 Å². The minimum absolute atomic E-state index is 0.158. The molecule has 2 rings (SSSR count). The zero-order chi connectivity index (χ0) is 10.4. The fourth-order valence-electron chi connectivity index (χ4n) is 1.26. The third kappa shape index (κ3) is 1.43. The van der Waals surface area contributed by atoms with Crippen molar-refractivity contribution < 1.29 is 4.52 Å². The maximum Gasteiger partial charge on any atom is 0.246 e. The van der Waals surface area contributed by atoms with E-state index in [-0.39, 0.29) is 5.41 Å². The Morgan fingerprint density at radius 2 is 2.21 bits per heavy atom. The first-order valence-corrected chi connectivity index (χ1v) is 5.11. The van der Waals surface area contributed by atoms with Crippen molar-refractivity contribution in [1.29, 1.82) is 0 Å². The summed E-state index contributed by atoms with van der Waals surface area (Å²) in [6.07, 6.45) is 3.10. The lowest BCUT2D eigenvalue weighted by Crippen LogP contribution is -2.32. The zero-order valence-corrected chi connectivity index (χ0v) is 9.00. The zero-order valence-electron chi connectivity index (χ0n) is 9.00. The SMILES string of the molecule is CCC(C)(N)c1nc(C2(C)CC2)no1. The highest BCUT2D eigenvalue weighted by Crippen LogP contribution is 2.46. The van der Waals surface area contributed by atoms with Crippen molar-refractivity contribution in [1.82, 2.24) is 10.1 Å². The average molecular weight is 195 g/mol. The molecule has 0 aliphatic heterocycles. The Morgan fingerprint density at radius 3 is 2.71 bits per heavy atom. The maximum absolute atomic E-state index is 6.02. The second-order valence-electron chi connectivity index (χ2n) is 4.75. The number of hydrogen-bond donors (Lipinski definition) is 1. The molecule has 0 radical (unpaired) electrons. The molecule has 0 aromatic carbocycles. The fraction of sp³-hybridized carbons (Fsp3) is 0.800. The molecule has 0 bridgehead atoms. The van der Waals surface area contributed by atoms with Crippen LogP contribution < -0.4 is 5.73 Å². The summed E-state index contributed by atoms with van der Waals surface area (Å²) in [4.78, 5) is 4.38. The smallest absolute Gasteiger partial charge is 0.246 e. The number of nitrogens with zero attached hydrogens (tertiary/aromatic N) is 2. The Kier molecular flexibility index (Phi) is 1.93. The van der Waals surface area contributed by atoms with Gasteiger partial charge in [0.25, 0.3) is 0 Å². The van der Waals surface area contributed by atoms with E-state index in [0.717, 1.165) is 25.1 Å². The minimum Gasteiger partial charge on any atom is -0.337 e. The molecule has 1 aromatic heterocycles. The van der Waals surface area contributed by atoms with Crippen molar-refractivity contribution in [3.05, 3.63) is 11.7 Å². The van der Waals surface area contributed by atoms with Gasteiger partial charge in [-0.1, -0.05) is 19.0 Å². The average Bonchev–Trinajstić information content (AvgIpc) is 2.72. The molecule has 0 spiro atoms. The number of rotatable bonds is 3. The highest BCUT2D eigenvalue weighted by Gasteiger charge is 2.44. The summed E-state index contributed by atoms with van der Waals surface area (Å²) in [6, 6.07) is 0. The van der Waals surface area contributed by atoms with E-state index < -0.39 is 5.54 Å². The van der Waals surface area contributed by atoms with Gasteiger partial charge in [0.2, 0.25) is 5.89 Å². The molecule has 1 fully saturated rings. The Balaban J connectivity index is 2.26. The lowest BCUT2D eigenvalue weighted by atomic mass is 10.0. The van der Waals surface area contributed by atoms with Gasteiger partial charge in [-0.2, -0.15) is 4.98 Å². The molecule has 78 valence electrons. The fourth-order valence-corrected chi connectivity index (χ4v) is 1.26. The number of hydrogen-bond acceptors (Lipinski definition) is 4. The van der Waals surface area contributed by atoms with Gasteiger partial charge in [0.15, 0.2) is 5.82 Å². The second kappa shape index (κ2) is 2.79. The van der Waals surface area contributed by atoms with E-state index in [0.29, 0.717) is 5.89 Å². The van der Waals surface area contributed by atoms with E-state index >= 15 is 0 Å². The van der Waals surface area contributed by atoms with Crippen LogP contribution in [-0.4, -0.2) is 10.1 Å². The van der Waals surface area contributed by atoms with Crippen molar-refractivity contribution in [2.75, 3.05) is 0 Å². The predicted molar refractivity (Wildman–Crippen MR) is 52.7 cm³/mol. The molecular formula is C10H17N3O. The molecule has 1 saturated carbocycles. The van der Waals surface area contributed by atoms with E-state index in [1.165, 1.54) is 0 Å². The van der Waals surface area contributed by atoms with Crippen LogP contribution in [-0.2, 0) is 11.0 Å². The van der Waals surface area contributed by atoms with Crippen LogP contribution in [0.5, 0.6) is 0 Å². The number of nitrogens with two attached hydrogens (primary N) is 1. The molecule has 4 nitrogen and oxygen atoms in total. The first-order valence-electron chi connectivity index (χ1n) is 5.11. The molecule has 1 aliphatic carbocycles. The van der Waals surface area contributed by atoms with Gasteiger partial charge in [-0.05, 0) is 26.2 Å². The Hall–Kier alpha value is -0.900. The summed E-state index contributed by atoms with van der Waals surface area (Å²) in [5, 5.41) is 4.00. The maximum atomic E-state index is 6.02. The standard InChI is InChI=1S/C10H17N3O/c1-4-10(3,11)8-12-7(13-14-8)9(2)5-6-9/h4-6,11H2,1-3H3. The van der Waals surface area contributed by atoms with Crippen molar-refractivity contribution in [3.63, 3.8) is 0 Å². The summed E-state index contributed by atoms with van der Waals surface area (Å²) in [5.74, 6) is 1.38. The van der Waals surface area contributed by atoms with Gasteiger partial charge in [-0.3, -0.25) is 0 Å². The molecule has 1 aliphatic rings. The monoisotopic (exact) mass is 195 g/mol. The van der Waals surface area contributed by atoms with Gasteiger partial charge < -0.3 is 10.3 Å². The summed E-state index contributed by atoms with van der Waals surface area (Å²) in [7, 11) is 0. The molecule has 0 saturated heterocycles. The molecule has 14 heavy (non-hydrogen) atoms. The van der Waals surface area contributed by atoms with Gasteiger partial charge in [-0.25, -0.2) is 0 Å². The molecule has 4 heteroatoms. The van der Waals surface area contributed by atoms with Crippen LogP contribution in [0, 0.1) is 0 Å². The quantitative estimate of drug-likeness (QED) is 0.797. The van der Waals surface area contributed by atoms with Gasteiger partial charge in [-0.15, -0.1) is 0 Å². The Bertz CT molecular complexity index is 339. The first kappa shape index (κ1) is 9.65. The summed E-state index contributed by atoms with van der Waals surface area (Å²) < 4.78 is 5.20. The Labute approximate surface area is 83.9 Å². The van der Waals surface area contributed by atoms with Crippen molar-refractivity contribution in [2.24, 2.45) is 5.73 Å². The van der Waals surface area contributed by atoms with Crippen LogP contribution in [0.2, 0.25) is 0 Å². The predicted octanol–water partition coefficient (Wildman–Crippen LogP) is 1.70. The summed E-state index contributed by atoms with van der Waals surface area (Å²) in [5.41, 5.74) is 5.69. The van der Waals surface area contributed by atoms with Crippen molar-refractivity contribution in [3.8, 4) is 0 Å². The van der Waals surface area contributed by atoms with E-state index in [9.17, 15) is 0 Å². The van der Waals surface area contributed by atoms with Crippen LogP contribution in [0.25, 0.3) is 0 Å². The van der Waals surface area contributed by atoms with E-state index in [1.807, 2.05) is 13.8 Å². The summed E-state index contributed by atoms with van der Waals surface area (Å²) in [6.45, 7) is 6.09. The second-order valence-corrected chi connectivity index (χ2v) is 4.75. The van der Waals surface area contributed by atoms with Crippen molar-refractivity contribution in [2.45, 2.75) is 51.0 Å². The molecule has 1 heterocycles. The third-order valence-corrected chi connectivity index (χ3v) is 3.19. The van der Waals surface area contributed by atoms with Crippen molar-refractivity contribution >= 4 is 0 Å². The largest absolute Gasteiger partial charge is 0.337 e. The molecule has 0 amide bonds. The van der Waals surface area contributed by atoms with Crippen LogP contribution in [0.3, 0.4) is 0 Å². The Morgan fingerprint density at radius 1 is 1.57 bits per heavy atom.